The van der Waals surface area contributed by atoms with Gasteiger partial charge in [0, 0.05) is 25.6 Å². The van der Waals surface area contributed by atoms with E-state index in [1.165, 1.54) is 0 Å². The molecule has 1 aromatic heterocycles. The fraction of sp³-hybridized carbons (Fsp3) is 0.615. The van der Waals surface area contributed by atoms with Crippen LogP contribution in [0.15, 0.2) is 6.07 Å². The SMILES string of the molecule is CCN(C)C(=O)C(C)Nc1cc(N)nc(C2CC2)n1. The van der Waals surface area contributed by atoms with E-state index in [9.17, 15) is 4.79 Å². The Kier molecular flexibility index (Phi) is 3.87. The lowest BCUT2D eigenvalue weighted by molar-refractivity contribution is -0.130. The maximum atomic E-state index is 12.0. The summed E-state index contributed by atoms with van der Waals surface area (Å²) in [5.41, 5.74) is 5.78. The lowest BCUT2D eigenvalue weighted by atomic mass is 10.3. The van der Waals surface area contributed by atoms with Crippen LogP contribution in [-0.2, 0) is 4.79 Å². The molecule has 1 aromatic rings. The van der Waals surface area contributed by atoms with E-state index >= 15 is 0 Å². The van der Waals surface area contributed by atoms with Crippen molar-refractivity contribution in [2.24, 2.45) is 0 Å². The summed E-state index contributed by atoms with van der Waals surface area (Å²) < 4.78 is 0. The number of carbonyl (C=O) groups is 1. The van der Waals surface area contributed by atoms with E-state index in [1.807, 2.05) is 13.8 Å². The molecule has 19 heavy (non-hydrogen) atoms. The molecule has 1 amide bonds. The highest BCUT2D eigenvalue weighted by Gasteiger charge is 2.27. The first kappa shape index (κ1) is 13.6. The molecule has 1 saturated carbocycles. The van der Waals surface area contributed by atoms with Gasteiger partial charge in [-0.2, -0.15) is 0 Å². The van der Waals surface area contributed by atoms with Crippen LogP contribution in [0.2, 0.25) is 0 Å². The van der Waals surface area contributed by atoms with Crippen LogP contribution in [0, 0.1) is 0 Å². The largest absolute Gasteiger partial charge is 0.384 e. The van der Waals surface area contributed by atoms with Gasteiger partial charge in [0.25, 0.3) is 0 Å². The monoisotopic (exact) mass is 263 g/mol. The van der Waals surface area contributed by atoms with Crippen LogP contribution in [0.1, 0.15) is 38.4 Å². The van der Waals surface area contributed by atoms with Crippen LogP contribution < -0.4 is 11.1 Å². The summed E-state index contributed by atoms with van der Waals surface area (Å²) >= 11 is 0. The molecule has 1 aliphatic carbocycles. The van der Waals surface area contributed by atoms with Gasteiger partial charge in [-0.05, 0) is 26.7 Å². The Labute approximate surface area is 113 Å². The summed E-state index contributed by atoms with van der Waals surface area (Å²) in [4.78, 5) is 22.3. The van der Waals surface area contributed by atoms with Crippen LogP contribution >= 0.6 is 0 Å². The van der Waals surface area contributed by atoms with E-state index in [1.54, 1.807) is 18.0 Å². The Bertz CT molecular complexity index is 472. The van der Waals surface area contributed by atoms with Crippen LogP contribution in [-0.4, -0.2) is 40.4 Å². The zero-order valence-electron chi connectivity index (χ0n) is 11.7. The molecule has 1 unspecified atom stereocenters. The lowest BCUT2D eigenvalue weighted by Crippen LogP contribution is -2.39. The molecule has 2 rings (SSSR count). The van der Waals surface area contributed by atoms with Gasteiger partial charge in [-0.25, -0.2) is 9.97 Å². The van der Waals surface area contributed by atoms with Gasteiger partial charge in [-0.1, -0.05) is 0 Å². The minimum Gasteiger partial charge on any atom is -0.384 e. The smallest absolute Gasteiger partial charge is 0.244 e. The molecule has 0 aromatic carbocycles. The minimum absolute atomic E-state index is 0.0349. The van der Waals surface area contributed by atoms with Crippen molar-refractivity contribution in [1.82, 2.24) is 14.9 Å². The molecule has 6 heteroatoms. The number of rotatable bonds is 5. The number of amides is 1. The number of aromatic nitrogens is 2. The second kappa shape index (κ2) is 5.42. The van der Waals surface area contributed by atoms with Crippen molar-refractivity contribution >= 4 is 17.5 Å². The first-order chi connectivity index (χ1) is 9.01. The molecule has 1 atom stereocenters. The summed E-state index contributed by atoms with van der Waals surface area (Å²) in [5, 5.41) is 3.10. The molecule has 104 valence electrons. The van der Waals surface area contributed by atoms with Gasteiger partial charge in [0.15, 0.2) is 0 Å². The van der Waals surface area contributed by atoms with E-state index < -0.39 is 0 Å². The van der Waals surface area contributed by atoms with Crippen LogP contribution in [0.3, 0.4) is 0 Å². The number of anilines is 2. The zero-order chi connectivity index (χ0) is 14.0. The third-order valence-electron chi connectivity index (χ3n) is 3.29. The van der Waals surface area contributed by atoms with E-state index in [0.717, 1.165) is 18.7 Å². The molecule has 1 fully saturated rings. The van der Waals surface area contributed by atoms with Crippen LogP contribution in [0.25, 0.3) is 0 Å². The van der Waals surface area contributed by atoms with Gasteiger partial charge in [0.05, 0.1) is 0 Å². The molecule has 6 nitrogen and oxygen atoms in total. The predicted octanol–water partition coefficient (Wildman–Crippen LogP) is 1.21. The average Bonchev–Trinajstić information content (AvgIpc) is 3.20. The van der Waals surface area contributed by atoms with E-state index in [2.05, 4.69) is 15.3 Å². The number of nitrogens with one attached hydrogen (secondary N) is 1. The van der Waals surface area contributed by atoms with Gasteiger partial charge >= 0.3 is 0 Å². The highest BCUT2D eigenvalue weighted by molar-refractivity contribution is 5.83. The van der Waals surface area contributed by atoms with E-state index in [0.29, 0.717) is 24.1 Å². The summed E-state index contributed by atoms with van der Waals surface area (Å²) in [5.74, 6) is 2.33. The highest BCUT2D eigenvalue weighted by atomic mass is 16.2. The summed E-state index contributed by atoms with van der Waals surface area (Å²) in [6.07, 6.45) is 2.24. The number of nitrogens with zero attached hydrogens (tertiary/aromatic N) is 3. The maximum absolute atomic E-state index is 12.0. The average molecular weight is 263 g/mol. The fourth-order valence-electron chi connectivity index (χ4n) is 1.85. The Hall–Kier alpha value is -1.85. The lowest BCUT2D eigenvalue weighted by Gasteiger charge is -2.21. The van der Waals surface area contributed by atoms with Crippen molar-refractivity contribution in [2.75, 3.05) is 24.6 Å². The molecule has 0 radical (unpaired) electrons. The van der Waals surface area contributed by atoms with Gasteiger partial charge in [0.2, 0.25) is 5.91 Å². The quantitative estimate of drug-likeness (QED) is 0.834. The second-order valence-corrected chi connectivity index (χ2v) is 5.03. The summed E-state index contributed by atoms with van der Waals surface area (Å²) in [7, 11) is 1.78. The zero-order valence-corrected chi connectivity index (χ0v) is 11.7. The van der Waals surface area contributed by atoms with E-state index in [-0.39, 0.29) is 11.9 Å². The number of nitrogen functional groups attached to an aromatic ring is 1. The van der Waals surface area contributed by atoms with Crippen LogP contribution in [0.4, 0.5) is 11.6 Å². The van der Waals surface area contributed by atoms with Crippen molar-refractivity contribution in [2.45, 2.75) is 38.6 Å². The molecule has 0 bridgehead atoms. The van der Waals surface area contributed by atoms with Crippen molar-refractivity contribution in [3.8, 4) is 0 Å². The standard InChI is InChI=1S/C13H21N5O/c1-4-18(3)13(19)8(2)15-11-7-10(14)16-12(17-11)9-5-6-9/h7-9H,4-6H2,1-3H3,(H3,14,15,16,17). The molecule has 1 heterocycles. The number of carbonyl (C=O) groups excluding carboxylic acids is 1. The van der Waals surface area contributed by atoms with Crippen LogP contribution in [0.5, 0.6) is 0 Å². The second-order valence-electron chi connectivity index (χ2n) is 5.03. The molecule has 0 saturated heterocycles. The van der Waals surface area contributed by atoms with Crippen molar-refractivity contribution in [3.63, 3.8) is 0 Å². The third kappa shape index (κ3) is 3.33. The Morgan fingerprint density at radius 1 is 1.58 bits per heavy atom. The number of hydrogen-bond acceptors (Lipinski definition) is 5. The number of likely N-dealkylation sites (N-methyl/N-ethyl adjacent to an activating group) is 1. The predicted molar refractivity (Wildman–Crippen MR) is 74.8 cm³/mol. The molecule has 3 N–H and O–H groups in total. The highest BCUT2D eigenvalue weighted by Crippen LogP contribution is 2.38. The topological polar surface area (TPSA) is 84.1 Å². The minimum atomic E-state index is -0.327. The van der Waals surface area contributed by atoms with E-state index in [4.69, 9.17) is 5.73 Å². The molecule has 0 spiro atoms. The Morgan fingerprint density at radius 3 is 2.84 bits per heavy atom. The molecular weight excluding hydrogens is 242 g/mol. The third-order valence-corrected chi connectivity index (χ3v) is 3.29. The van der Waals surface area contributed by atoms with Crippen molar-refractivity contribution < 1.29 is 4.79 Å². The Balaban J connectivity index is 2.07. The normalized spacial score (nSPS) is 15.9. The first-order valence-corrected chi connectivity index (χ1v) is 6.67. The van der Waals surface area contributed by atoms with Gasteiger partial charge < -0.3 is 16.0 Å². The number of hydrogen-bond donors (Lipinski definition) is 2. The fourth-order valence-corrected chi connectivity index (χ4v) is 1.85. The van der Waals surface area contributed by atoms with Crippen molar-refractivity contribution in [1.29, 1.82) is 0 Å². The van der Waals surface area contributed by atoms with Gasteiger partial charge in [-0.3, -0.25) is 4.79 Å². The molecular formula is C13H21N5O. The summed E-state index contributed by atoms with van der Waals surface area (Å²) in [6, 6.07) is 1.34. The Morgan fingerprint density at radius 2 is 2.26 bits per heavy atom. The molecule has 0 aliphatic heterocycles. The number of nitrogens with two attached hydrogens (primary N) is 1. The molecule has 1 aliphatic rings. The summed E-state index contributed by atoms with van der Waals surface area (Å²) in [6.45, 7) is 4.45. The first-order valence-electron chi connectivity index (χ1n) is 6.67. The van der Waals surface area contributed by atoms with Crippen molar-refractivity contribution in [3.05, 3.63) is 11.9 Å². The van der Waals surface area contributed by atoms with Gasteiger partial charge in [-0.15, -0.1) is 0 Å². The van der Waals surface area contributed by atoms with Gasteiger partial charge in [0.1, 0.15) is 23.5 Å². The maximum Gasteiger partial charge on any atom is 0.244 e.